The van der Waals surface area contributed by atoms with E-state index >= 15 is 0 Å². The zero-order valence-corrected chi connectivity index (χ0v) is 18.6. The molecule has 2 aromatic heterocycles. The van der Waals surface area contributed by atoms with Gasteiger partial charge in [0.05, 0.1) is 17.1 Å². The van der Waals surface area contributed by atoms with Gasteiger partial charge in [0, 0.05) is 20.4 Å². The highest BCUT2D eigenvalue weighted by Gasteiger charge is 2.15. The zero-order valence-electron chi connectivity index (χ0n) is 15.5. The van der Waals surface area contributed by atoms with Gasteiger partial charge < -0.3 is 0 Å². The standard InChI is InChI=1S/C20H15BrClN5OS/c1-11-3-8-15(22)9-16(11)24-25-18-12(2)26-27(19(18)28)20-23-17(10-29-20)13-4-6-14(21)7-5-13/h3-10,26H,1-2H3. The number of H-pyrrole nitrogens is 1. The van der Waals surface area contributed by atoms with Gasteiger partial charge in [0.2, 0.25) is 5.13 Å². The number of thiazole rings is 1. The van der Waals surface area contributed by atoms with Gasteiger partial charge in [0.25, 0.3) is 0 Å². The summed E-state index contributed by atoms with van der Waals surface area (Å²) in [7, 11) is 0. The van der Waals surface area contributed by atoms with Crippen LogP contribution in [0.3, 0.4) is 0 Å². The Hall–Kier alpha value is -2.55. The highest BCUT2D eigenvalue weighted by molar-refractivity contribution is 9.10. The van der Waals surface area contributed by atoms with Crippen LogP contribution in [0, 0.1) is 13.8 Å². The molecule has 4 aromatic rings. The molecular formula is C20H15BrClN5OS. The Morgan fingerprint density at radius 1 is 1.14 bits per heavy atom. The van der Waals surface area contributed by atoms with Crippen LogP contribution in [0.15, 0.2) is 67.3 Å². The molecule has 0 amide bonds. The van der Waals surface area contributed by atoms with Gasteiger partial charge in [-0.15, -0.1) is 21.6 Å². The molecule has 4 rings (SSSR count). The van der Waals surface area contributed by atoms with Crippen LogP contribution >= 0.6 is 38.9 Å². The van der Waals surface area contributed by atoms with E-state index in [1.54, 1.807) is 19.1 Å². The van der Waals surface area contributed by atoms with Crippen LogP contribution in [0.25, 0.3) is 16.4 Å². The SMILES string of the molecule is Cc1ccc(Cl)cc1N=Nc1c(C)[nH]n(-c2nc(-c3ccc(Br)cc3)cs2)c1=O. The van der Waals surface area contributed by atoms with E-state index in [0.29, 0.717) is 21.5 Å². The molecule has 0 spiro atoms. The van der Waals surface area contributed by atoms with Gasteiger partial charge in [0.1, 0.15) is 0 Å². The van der Waals surface area contributed by atoms with Crippen LogP contribution in [0.5, 0.6) is 0 Å². The lowest BCUT2D eigenvalue weighted by Gasteiger charge is -1.98. The third-order valence-electron chi connectivity index (χ3n) is 4.29. The largest absolute Gasteiger partial charge is 0.301 e. The van der Waals surface area contributed by atoms with Crippen LogP contribution in [-0.4, -0.2) is 14.8 Å². The third-order valence-corrected chi connectivity index (χ3v) is 5.88. The minimum absolute atomic E-state index is 0.241. The Balaban J connectivity index is 1.67. The number of hydrogen-bond donors (Lipinski definition) is 1. The van der Waals surface area contributed by atoms with E-state index in [2.05, 4.69) is 36.2 Å². The average Bonchev–Trinajstić information content (AvgIpc) is 3.28. The third kappa shape index (κ3) is 4.10. The number of aromatic amines is 1. The summed E-state index contributed by atoms with van der Waals surface area (Å²) in [6.45, 7) is 3.69. The van der Waals surface area contributed by atoms with E-state index in [1.807, 2.05) is 42.6 Å². The minimum Gasteiger partial charge on any atom is -0.291 e. The maximum absolute atomic E-state index is 12.9. The summed E-state index contributed by atoms with van der Waals surface area (Å²) in [6, 6.07) is 13.2. The molecule has 0 saturated carbocycles. The smallest absolute Gasteiger partial charge is 0.291 e. The molecule has 0 saturated heterocycles. The first-order valence-corrected chi connectivity index (χ1v) is 10.7. The van der Waals surface area contributed by atoms with Crippen LogP contribution in [0.1, 0.15) is 11.3 Å². The number of azo groups is 1. The van der Waals surface area contributed by atoms with E-state index in [1.165, 1.54) is 16.0 Å². The number of halogens is 2. The second-order valence-electron chi connectivity index (χ2n) is 6.38. The minimum atomic E-state index is -0.303. The Labute approximate surface area is 184 Å². The molecule has 2 heterocycles. The van der Waals surface area contributed by atoms with E-state index < -0.39 is 0 Å². The summed E-state index contributed by atoms with van der Waals surface area (Å²) in [5, 5.41) is 14.4. The first kappa shape index (κ1) is 19.8. The van der Waals surface area contributed by atoms with Gasteiger partial charge in [-0.25, -0.2) is 4.98 Å². The molecule has 0 atom stereocenters. The van der Waals surface area contributed by atoms with Crippen molar-refractivity contribution in [2.45, 2.75) is 13.8 Å². The van der Waals surface area contributed by atoms with Crippen molar-refractivity contribution in [3.05, 3.63) is 79.0 Å². The van der Waals surface area contributed by atoms with Crippen molar-refractivity contribution in [2.75, 3.05) is 0 Å². The Morgan fingerprint density at radius 3 is 2.66 bits per heavy atom. The fourth-order valence-electron chi connectivity index (χ4n) is 2.70. The number of rotatable bonds is 4. The summed E-state index contributed by atoms with van der Waals surface area (Å²) >= 11 is 10.8. The van der Waals surface area contributed by atoms with Crippen molar-refractivity contribution in [2.24, 2.45) is 10.2 Å². The molecule has 0 fully saturated rings. The van der Waals surface area contributed by atoms with Crippen LogP contribution in [0.4, 0.5) is 11.4 Å². The van der Waals surface area contributed by atoms with Crippen molar-refractivity contribution in [1.82, 2.24) is 14.8 Å². The van der Waals surface area contributed by atoms with Gasteiger partial charge in [0.15, 0.2) is 5.69 Å². The Morgan fingerprint density at radius 2 is 1.90 bits per heavy atom. The van der Waals surface area contributed by atoms with E-state index in [4.69, 9.17) is 11.6 Å². The summed E-state index contributed by atoms with van der Waals surface area (Å²) in [4.78, 5) is 17.5. The highest BCUT2D eigenvalue weighted by atomic mass is 79.9. The summed E-state index contributed by atoms with van der Waals surface area (Å²) in [6.07, 6.45) is 0. The maximum atomic E-state index is 12.9. The van der Waals surface area contributed by atoms with Crippen LogP contribution < -0.4 is 5.56 Å². The predicted molar refractivity (Wildman–Crippen MR) is 120 cm³/mol. The topological polar surface area (TPSA) is 75.4 Å². The van der Waals surface area contributed by atoms with Gasteiger partial charge in [-0.2, -0.15) is 4.68 Å². The molecule has 146 valence electrons. The lowest BCUT2D eigenvalue weighted by molar-refractivity contribution is 0.827. The summed E-state index contributed by atoms with van der Waals surface area (Å²) in [5.41, 5.74) is 3.87. The summed E-state index contributed by atoms with van der Waals surface area (Å²) < 4.78 is 2.39. The number of benzene rings is 2. The number of hydrogen-bond acceptors (Lipinski definition) is 5. The fraction of sp³-hybridized carbons (Fsp3) is 0.100. The second kappa shape index (κ2) is 8.06. The average molecular weight is 489 g/mol. The lowest BCUT2D eigenvalue weighted by Crippen LogP contribution is -2.13. The molecule has 0 aliphatic heterocycles. The summed E-state index contributed by atoms with van der Waals surface area (Å²) in [5.74, 6) is 0. The van der Waals surface area contributed by atoms with E-state index in [0.717, 1.165) is 21.3 Å². The first-order chi connectivity index (χ1) is 13.9. The molecule has 1 N–H and O–H groups in total. The molecule has 9 heteroatoms. The first-order valence-electron chi connectivity index (χ1n) is 8.64. The molecule has 0 aliphatic carbocycles. The van der Waals surface area contributed by atoms with E-state index in [-0.39, 0.29) is 11.2 Å². The lowest BCUT2D eigenvalue weighted by atomic mass is 10.2. The normalized spacial score (nSPS) is 11.4. The molecule has 0 bridgehead atoms. The zero-order chi connectivity index (χ0) is 20.5. The second-order valence-corrected chi connectivity index (χ2v) is 8.57. The molecular weight excluding hydrogens is 474 g/mol. The molecule has 29 heavy (non-hydrogen) atoms. The predicted octanol–water partition coefficient (Wildman–Crippen LogP) is 6.74. The van der Waals surface area contributed by atoms with Crippen molar-refractivity contribution in [3.8, 4) is 16.4 Å². The van der Waals surface area contributed by atoms with Crippen molar-refractivity contribution in [1.29, 1.82) is 0 Å². The van der Waals surface area contributed by atoms with Crippen molar-refractivity contribution >= 4 is 50.2 Å². The molecule has 0 radical (unpaired) electrons. The van der Waals surface area contributed by atoms with Gasteiger partial charge in [-0.3, -0.25) is 9.89 Å². The fourth-order valence-corrected chi connectivity index (χ4v) is 3.93. The Kier molecular flexibility index (Phi) is 5.49. The molecule has 6 nitrogen and oxygen atoms in total. The van der Waals surface area contributed by atoms with Crippen LogP contribution in [-0.2, 0) is 0 Å². The van der Waals surface area contributed by atoms with E-state index in [9.17, 15) is 4.79 Å². The van der Waals surface area contributed by atoms with Gasteiger partial charge in [-0.05, 0) is 43.7 Å². The quantitative estimate of drug-likeness (QED) is 0.323. The Bertz CT molecular complexity index is 1270. The molecule has 0 aliphatic rings. The van der Waals surface area contributed by atoms with Gasteiger partial charge in [-0.1, -0.05) is 45.7 Å². The maximum Gasteiger partial charge on any atom is 0.301 e. The van der Waals surface area contributed by atoms with Crippen molar-refractivity contribution in [3.63, 3.8) is 0 Å². The number of nitrogens with zero attached hydrogens (tertiary/aromatic N) is 4. The highest BCUT2D eigenvalue weighted by Crippen LogP contribution is 2.27. The monoisotopic (exact) mass is 487 g/mol. The molecule has 0 unspecified atom stereocenters. The number of aryl methyl sites for hydroxylation is 2. The van der Waals surface area contributed by atoms with Gasteiger partial charge >= 0.3 is 5.56 Å². The van der Waals surface area contributed by atoms with Crippen LogP contribution in [0.2, 0.25) is 5.02 Å². The van der Waals surface area contributed by atoms with Crippen molar-refractivity contribution < 1.29 is 0 Å². The number of nitrogens with one attached hydrogen (secondary N) is 1. The molecule has 2 aromatic carbocycles. The number of aromatic nitrogens is 3.